The molecule has 1 amide bonds. The molecule has 0 saturated carbocycles. The van der Waals surface area contributed by atoms with Crippen LogP contribution < -0.4 is 9.80 Å². The number of amides is 1. The number of thiazole rings is 1. The van der Waals surface area contributed by atoms with Gasteiger partial charge in [0.25, 0.3) is 0 Å². The number of carbonyl (C=O) groups excluding carboxylic acids is 1. The third kappa shape index (κ3) is 5.35. The molecular weight excluding hydrogens is 612 g/mol. The predicted octanol–water partition coefficient (Wildman–Crippen LogP) is 3.97. The molecule has 2 atom stereocenters. The first kappa shape index (κ1) is 30.4. The Hall–Kier alpha value is -4.22. The topological polar surface area (TPSA) is 120 Å². The number of anilines is 3. The number of hydrogen-bond donors (Lipinski definition) is 2. The lowest BCUT2D eigenvalue weighted by atomic mass is 10.0. The molecule has 1 aliphatic carbocycles. The van der Waals surface area contributed by atoms with Crippen LogP contribution in [0.2, 0.25) is 0 Å². The van der Waals surface area contributed by atoms with Gasteiger partial charge in [0.15, 0.2) is 10.9 Å². The first-order valence-corrected chi connectivity index (χ1v) is 16.1. The van der Waals surface area contributed by atoms with Gasteiger partial charge in [0.1, 0.15) is 28.0 Å². The Morgan fingerprint density at radius 3 is 2.59 bits per heavy atom. The van der Waals surface area contributed by atoms with Gasteiger partial charge in [-0.1, -0.05) is 11.3 Å². The third-order valence-electron chi connectivity index (χ3n) is 9.19. The Labute approximate surface area is 268 Å². The second kappa shape index (κ2) is 11.9. The van der Waals surface area contributed by atoms with Crippen LogP contribution in [-0.4, -0.2) is 94.4 Å². The number of aliphatic hydroxyl groups excluding tert-OH is 2. The van der Waals surface area contributed by atoms with E-state index in [-0.39, 0.29) is 29.8 Å². The lowest BCUT2D eigenvalue weighted by Crippen LogP contribution is -2.58. The Balaban J connectivity index is 1.24. The van der Waals surface area contributed by atoms with Crippen LogP contribution in [0.5, 0.6) is 0 Å². The van der Waals surface area contributed by atoms with E-state index in [9.17, 15) is 24.7 Å². The van der Waals surface area contributed by atoms with Crippen molar-refractivity contribution in [3.05, 3.63) is 64.2 Å². The van der Waals surface area contributed by atoms with Gasteiger partial charge in [0.2, 0.25) is 5.91 Å². The van der Waals surface area contributed by atoms with Gasteiger partial charge in [-0.3, -0.25) is 9.69 Å². The van der Waals surface area contributed by atoms with Crippen molar-refractivity contribution in [3.63, 3.8) is 0 Å². The van der Waals surface area contributed by atoms with E-state index in [2.05, 4.69) is 20.9 Å². The maximum Gasteiger partial charge on any atom is 0.236 e. The summed E-state index contributed by atoms with van der Waals surface area (Å²) in [4.78, 5) is 30.1. The van der Waals surface area contributed by atoms with Crippen molar-refractivity contribution in [2.45, 2.75) is 38.0 Å². The molecule has 2 fully saturated rings. The highest BCUT2D eigenvalue weighted by Crippen LogP contribution is 2.45. The average Bonchev–Trinajstić information content (AvgIpc) is 3.62. The molecule has 13 heteroatoms. The Kier molecular flexibility index (Phi) is 7.84. The summed E-state index contributed by atoms with van der Waals surface area (Å²) in [5.74, 6) is -0.891. The van der Waals surface area contributed by atoms with Crippen LogP contribution in [0.4, 0.5) is 25.3 Å². The highest BCUT2D eigenvalue weighted by Gasteiger charge is 2.34. The van der Waals surface area contributed by atoms with Crippen LogP contribution >= 0.6 is 11.3 Å². The molecule has 2 saturated heterocycles. The summed E-state index contributed by atoms with van der Waals surface area (Å²) in [5, 5.41) is 31.3. The SMILES string of the molecule is C[C@@H]1CN(CC(=O)N2CC(O)C2)CCN1c1cc(F)c2nc3c(c(N(C)c4nc(-c5ccc(F)cc5)c(C#N)s4)c2c1)CC[C@@H]3O. The average molecular weight is 646 g/mol. The molecule has 4 heterocycles. The molecule has 238 valence electrons. The molecular formula is C33H33F2N7O3S. The third-order valence-corrected chi connectivity index (χ3v) is 10.2. The van der Waals surface area contributed by atoms with Crippen molar-refractivity contribution in [1.29, 1.82) is 5.26 Å². The van der Waals surface area contributed by atoms with Crippen LogP contribution in [0.15, 0.2) is 36.4 Å². The maximum absolute atomic E-state index is 16.0. The van der Waals surface area contributed by atoms with E-state index < -0.39 is 18.0 Å². The number of aliphatic hydroxyl groups is 2. The first-order valence-electron chi connectivity index (χ1n) is 15.3. The molecule has 2 aromatic heterocycles. The van der Waals surface area contributed by atoms with Crippen molar-refractivity contribution in [3.8, 4) is 17.3 Å². The quantitative estimate of drug-likeness (QED) is 0.321. The Morgan fingerprint density at radius 1 is 1.13 bits per heavy atom. The monoisotopic (exact) mass is 645 g/mol. The molecule has 0 spiro atoms. The molecule has 0 bridgehead atoms. The van der Waals surface area contributed by atoms with E-state index in [1.165, 1.54) is 29.5 Å². The molecule has 7 rings (SSSR count). The number of halogens is 2. The molecule has 2 aliphatic heterocycles. The van der Waals surface area contributed by atoms with Gasteiger partial charge in [0, 0.05) is 68.0 Å². The van der Waals surface area contributed by atoms with Gasteiger partial charge < -0.3 is 24.9 Å². The summed E-state index contributed by atoms with van der Waals surface area (Å²) in [6.07, 6.45) is -0.249. The number of hydrogen-bond acceptors (Lipinski definition) is 10. The van der Waals surface area contributed by atoms with E-state index in [0.29, 0.717) is 89.3 Å². The lowest BCUT2D eigenvalue weighted by Gasteiger charge is -2.43. The Morgan fingerprint density at radius 2 is 1.89 bits per heavy atom. The summed E-state index contributed by atoms with van der Waals surface area (Å²) in [5.41, 5.74) is 3.81. The van der Waals surface area contributed by atoms with E-state index in [1.54, 1.807) is 17.0 Å². The largest absolute Gasteiger partial charge is 0.389 e. The number of β-amino-alcohol motifs (C(OH)–C–C–N with tert-alkyl or cyclic N) is 1. The van der Waals surface area contributed by atoms with Crippen molar-refractivity contribution >= 4 is 44.7 Å². The zero-order chi connectivity index (χ0) is 32.3. The number of piperazine rings is 1. The fourth-order valence-corrected chi connectivity index (χ4v) is 7.63. The zero-order valence-corrected chi connectivity index (χ0v) is 26.3. The number of nitrogens with zero attached hydrogens (tertiary/aromatic N) is 7. The fourth-order valence-electron chi connectivity index (χ4n) is 6.78. The number of nitriles is 1. The molecule has 2 aromatic carbocycles. The van der Waals surface area contributed by atoms with Crippen LogP contribution in [0.1, 0.15) is 35.6 Å². The number of benzene rings is 2. The van der Waals surface area contributed by atoms with Gasteiger partial charge in [0.05, 0.1) is 30.1 Å². The number of aromatic nitrogens is 2. The minimum Gasteiger partial charge on any atom is -0.389 e. The maximum atomic E-state index is 16.0. The van der Waals surface area contributed by atoms with E-state index >= 15 is 4.39 Å². The second-order valence-electron chi connectivity index (χ2n) is 12.3. The van der Waals surface area contributed by atoms with Gasteiger partial charge >= 0.3 is 0 Å². The fraction of sp³-hybridized carbons (Fsp3) is 0.394. The van der Waals surface area contributed by atoms with Crippen molar-refractivity contribution in [2.75, 3.05) is 56.1 Å². The minimum atomic E-state index is -0.818. The molecule has 10 nitrogen and oxygen atoms in total. The molecule has 4 aromatic rings. The summed E-state index contributed by atoms with van der Waals surface area (Å²) in [6.45, 7) is 4.91. The summed E-state index contributed by atoms with van der Waals surface area (Å²) in [6, 6.07) is 11.4. The van der Waals surface area contributed by atoms with Crippen molar-refractivity contribution < 1.29 is 23.8 Å². The lowest BCUT2D eigenvalue weighted by molar-refractivity contribution is -0.142. The Bertz CT molecular complexity index is 1870. The molecule has 0 unspecified atom stereocenters. The highest BCUT2D eigenvalue weighted by molar-refractivity contribution is 7.16. The molecule has 2 N–H and O–H groups in total. The summed E-state index contributed by atoms with van der Waals surface area (Å²) in [7, 11) is 1.81. The predicted molar refractivity (Wildman–Crippen MR) is 171 cm³/mol. The smallest absolute Gasteiger partial charge is 0.236 e. The minimum absolute atomic E-state index is 0.00169. The number of pyridine rings is 1. The van der Waals surface area contributed by atoms with E-state index in [0.717, 1.165) is 5.56 Å². The summed E-state index contributed by atoms with van der Waals surface area (Å²) < 4.78 is 29.6. The normalized spacial score (nSPS) is 20.1. The first-order chi connectivity index (χ1) is 22.1. The second-order valence-corrected chi connectivity index (χ2v) is 13.3. The molecule has 46 heavy (non-hydrogen) atoms. The van der Waals surface area contributed by atoms with Crippen LogP contribution in [-0.2, 0) is 11.2 Å². The van der Waals surface area contributed by atoms with Crippen LogP contribution in [0, 0.1) is 23.0 Å². The number of fused-ring (bicyclic) bond motifs is 2. The highest BCUT2D eigenvalue weighted by atomic mass is 32.1. The number of likely N-dealkylation sites (tertiary alicyclic amines) is 1. The molecule has 3 aliphatic rings. The number of carbonyl (C=O) groups is 1. The van der Waals surface area contributed by atoms with Crippen molar-refractivity contribution in [1.82, 2.24) is 19.8 Å². The summed E-state index contributed by atoms with van der Waals surface area (Å²) >= 11 is 1.19. The molecule has 0 radical (unpaired) electrons. The van der Waals surface area contributed by atoms with Gasteiger partial charge in [-0.2, -0.15) is 5.26 Å². The van der Waals surface area contributed by atoms with Crippen LogP contribution in [0.3, 0.4) is 0 Å². The van der Waals surface area contributed by atoms with Crippen LogP contribution in [0.25, 0.3) is 22.2 Å². The standard InChI is InChI=1S/C33H33F2N7O3S/c1-18-14-40(17-28(45)41-15-22(43)16-41)9-10-42(18)21-11-24-30(25(35)12-21)37-31-23(7-8-26(31)44)32(24)39(2)33-38-29(27(13-36)46-33)19-3-5-20(34)6-4-19/h3-6,11-12,18,22,26,43-44H,7-10,14-17H2,1-2H3/t18-,26+/m1/s1. The zero-order valence-electron chi connectivity index (χ0n) is 25.5. The van der Waals surface area contributed by atoms with E-state index in [1.807, 2.05) is 24.9 Å². The van der Waals surface area contributed by atoms with E-state index in [4.69, 9.17) is 4.98 Å². The van der Waals surface area contributed by atoms with Gasteiger partial charge in [-0.15, -0.1) is 0 Å². The van der Waals surface area contributed by atoms with Gasteiger partial charge in [-0.05, 0) is 56.2 Å². The number of rotatable bonds is 6. The van der Waals surface area contributed by atoms with Gasteiger partial charge in [-0.25, -0.2) is 18.7 Å². The van der Waals surface area contributed by atoms with Crippen molar-refractivity contribution in [2.24, 2.45) is 0 Å².